The van der Waals surface area contributed by atoms with Gasteiger partial charge in [-0.2, -0.15) is 9.29 Å². The maximum Gasteiger partial charge on any atom is 0.295 e. The first-order valence-corrected chi connectivity index (χ1v) is 11.3. The number of anilines is 1. The molecule has 1 amide bonds. The van der Waals surface area contributed by atoms with Crippen LogP contribution in [0.3, 0.4) is 0 Å². The van der Waals surface area contributed by atoms with Gasteiger partial charge in [-0.1, -0.05) is 13.8 Å². The van der Waals surface area contributed by atoms with Gasteiger partial charge in [-0.25, -0.2) is 17.9 Å². The first-order valence-electron chi connectivity index (χ1n) is 9.84. The third kappa shape index (κ3) is 3.92. The predicted octanol–water partition coefficient (Wildman–Crippen LogP) is 2.35. The lowest BCUT2D eigenvalue weighted by atomic mass is 9.94. The van der Waals surface area contributed by atoms with Gasteiger partial charge in [0.15, 0.2) is 0 Å². The molecule has 0 radical (unpaired) electrons. The summed E-state index contributed by atoms with van der Waals surface area (Å²) in [6, 6.07) is 7.93. The Morgan fingerprint density at radius 1 is 1.10 bits per heavy atom. The van der Waals surface area contributed by atoms with Crippen LogP contribution >= 0.6 is 0 Å². The van der Waals surface area contributed by atoms with Crippen molar-refractivity contribution in [1.82, 2.24) is 23.9 Å². The fraction of sp³-hybridized carbons (Fsp3) is 0.400. The van der Waals surface area contributed by atoms with Crippen LogP contribution in [0.2, 0.25) is 0 Å². The number of fused-ring (bicyclic) bond motifs is 1. The molecule has 2 atom stereocenters. The summed E-state index contributed by atoms with van der Waals surface area (Å²) in [6.45, 7) is 7.03. The van der Waals surface area contributed by atoms with E-state index in [2.05, 4.69) is 34.2 Å². The molecular formula is C20H24N6O3S. The van der Waals surface area contributed by atoms with Crippen LogP contribution in [0.1, 0.15) is 36.6 Å². The number of carbonyl (C=O) groups is 1. The van der Waals surface area contributed by atoms with E-state index in [1.54, 1.807) is 28.7 Å². The van der Waals surface area contributed by atoms with E-state index < -0.39 is 15.9 Å². The second kappa shape index (κ2) is 7.77. The molecule has 1 aliphatic heterocycles. The molecule has 3 heterocycles. The van der Waals surface area contributed by atoms with E-state index in [0.717, 1.165) is 12.1 Å². The van der Waals surface area contributed by atoms with Gasteiger partial charge < -0.3 is 5.32 Å². The van der Waals surface area contributed by atoms with Crippen molar-refractivity contribution in [2.45, 2.75) is 32.1 Å². The molecule has 2 aromatic heterocycles. The standard InChI is InChI=1S/C20H24N6O3S/c1-13-10-14(2)12-25(11-13)30(28,29)17-6-4-16(5-7-17)22-19(27)18-23-20-21-9-8-15(3)26(20)24-18/h4-9,13-14H,10-12H2,1-3H3,(H,22,27)/t13-,14-/m0/s1. The van der Waals surface area contributed by atoms with Crippen LogP contribution in [0.15, 0.2) is 41.4 Å². The topological polar surface area (TPSA) is 110 Å². The Labute approximate surface area is 175 Å². The van der Waals surface area contributed by atoms with Gasteiger partial charge in [-0.15, -0.1) is 5.10 Å². The number of hydrogen-bond acceptors (Lipinski definition) is 6. The minimum Gasteiger partial charge on any atom is -0.319 e. The summed E-state index contributed by atoms with van der Waals surface area (Å²) in [5, 5.41) is 6.87. The average Bonchev–Trinajstić information content (AvgIpc) is 3.14. The minimum absolute atomic E-state index is 0.00945. The van der Waals surface area contributed by atoms with E-state index >= 15 is 0 Å². The molecule has 1 saturated heterocycles. The summed E-state index contributed by atoms with van der Waals surface area (Å²) in [4.78, 5) is 20.9. The molecule has 0 unspecified atom stereocenters. The number of hydrogen-bond donors (Lipinski definition) is 1. The van der Waals surface area contributed by atoms with Crippen LogP contribution in [-0.2, 0) is 10.0 Å². The molecular weight excluding hydrogens is 404 g/mol. The summed E-state index contributed by atoms with van der Waals surface area (Å²) in [6.07, 6.45) is 2.63. The van der Waals surface area contributed by atoms with E-state index in [1.165, 1.54) is 16.6 Å². The molecule has 0 aliphatic carbocycles. The zero-order valence-corrected chi connectivity index (χ0v) is 17.9. The van der Waals surface area contributed by atoms with E-state index in [9.17, 15) is 13.2 Å². The minimum atomic E-state index is -3.56. The number of nitrogens with zero attached hydrogens (tertiary/aromatic N) is 5. The van der Waals surface area contributed by atoms with Gasteiger partial charge in [0, 0.05) is 30.7 Å². The third-order valence-corrected chi connectivity index (χ3v) is 7.06. The van der Waals surface area contributed by atoms with Gasteiger partial charge in [0.1, 0.15) is 0 Å². The van der Waals surface area contributed by atoms with Gasteiger partial charge in [0.25, 0.3) is 11.7 Å². The monoisotopic (exact) mass is 428 g/mol. The molecule has 9 nitrogen and oxygen atoms in total. The van der Waals surface area contributed by atoms with Crippen molar-refractivity contribution in [2.75, 3.05) is 18.4 Å². The SMILES string of the molecule is Cc1ccnc2nc(C(=O)Nc3ccc(S(=O)(=O)N4C[C@@H](C)C[C@H](C)C4)cc3)nn12. The quantitative estimate of drug-likeness (QED) is 0.683. The zero-order valence-electron chi connectivity index (χ0n) is 17.1. The van der Waals surface area contributed by atoms with Gasteiger partial charge in [0.2, 0.25) is 15.8 Å². The maximum absolute atomic E-state index is 13.0. The third-order valence-electron chi connectivity index (χ3n) is 5.22. The Morgan fingerprint density at radius 3 is 2.40 bits per heavy atom. The van der Waals surface area contributed by atoms with Crippen LogP contribution < -0.4 is 5.32 Å². The van der Waals surface area contributed by atoms with Gasteiger partial charge in [0.05, 0.1) is 4.90 Å². The number of amides is 1. The fourth-order valence-electron chi connectivity index (χ4n) is 3.85. The van der Waals surface area contributed by atoms with Crippen LogP contribution in [0.25, 0.3) is 5.78 Å². The van der Waals surface area contributed by atoms with Crippen molar-refractivity contribution in [3.05, 3.63) is 48.0 Å². The highest BCUT2D eigenvalue weighted by Gasteiger charge is 2.31. The molecule has 158 valence electrons. The molecule has 0 spiro atoms. The summed E-state index contributed by atoms with van der Waals surface area (Å²) in [5.74, 6) is 0.502. The van der Waals surface area contributed by atoms with Crippen molar-refractivity contribution in [2.24, 2.45) is 11.8 Å². The lowest BCUT2D eigenvalue weighted by molar-refractivity contribution is 0.101. The smallest absolute Gasteiger partial charge is 0.295 e. The predicted molar refractivity (Wildman–Crippen MR) is 112 cm³/mol. The molecule has 30 heavy (non-hydrogen) atoms. The summed E-state index contributed by atoms with van der Waals surface area (Å²) in [7, 11) is -3.56. The molecule has 1 fully saturated rings. The van der Waals surface area contributed by atoms with Crippen molar-refractivity contribution >= 4 is 27.4 Å². The van der Waals surface area contributed by atoms with E-state index in [4.69, 9.17) is 0 Å². The van der Waals surface area contributed by atoms with Crippen molar-refractivity contribution in [1.29, 1.82) is 0 Å². The van der Waals surface area contributed by atoms with Crippen LogP contribution in [0.5, 0.6) is 0 Å². The second-order valence-electron chi connectivity index (χ2n) is 7.98. The van der Waals surface area contributed by atoms with Crippen LogP contribution in [0, 0.1) is 18.8 Å². The van der Waals surface area contributed by atoms with Crippen molar-refractivity contribution < 1.29 is 13.2 Å². The van der Waals surface area contributed by atoms with E-state index in [-0.39, 0.29) is 10.7 Å². The number of nitrogens with one attached hydrogen (secondary N) is 1. The van der Waals surface area contributed by atoms with E-state index in [0.29, 0.717) is 36.4 Å². The second-order valence-corrected chi connectivity index (χ2v) is 9.92. The molecule has 0 bridgehead atoms. The van der Waals surface area contributed by atoms with Crippen molar-refractivity contribution in [3.63, 3.8) is 0 Å². The maximum atomic E-state index is 13.0. The number of rotatable bonds is 4. The Hall–Kier alpha value is -2.85. The first-order chi connectivity index (χ1) is 14.2. The number of aromatic nitrogens is 4. The first kappa shape index (κ1) is 20.4. The molecule has 1 aromatic carbocycles. The zero-order chi connectivity index (χ0) is 21.5. The Morgan fingerprint density at radius 2 is 1.77 bits per heavy atom. The number of benzene rings is 1. The Bertz CT molecular complexity index is 1180. The van der Waals surface area contributed by atoms with Crippen LogP contribution in [0.4, 0.5) is 5.69 Å². The number of carbonyl (C=O) groups excluding carboxylic acids is 1. The van der Waals surface area contributed by atoms with E-state index in [1.807, 2.05) is 6.92 Å². The normalized spacial score (nSPS) is 20.4. The molecule has 1 aliphatic rings. The molecule has 3 aromatic rings. The van der Waals surface area contributed by atoms with Gasteiger partial charge in [-0.3, -0.25) is 4.79 Å². The molecule has 1 N–H and O–H groups in total. The summed E-state index contributed by atoms with van der Waals surface area (Å²) >= 11 is 0. The van der Waals surface area contributed by atoms with Crippen LogP contribution in [-0.4, -0.2) is 51.3 Å². The number of piperidine rings is 1. The highest BCUT2D eigenvalue weighted by Crippen LogP contribution is 2.27. The van der Waals surface area contributed by atoms with Crippen molar-refractivity contribution in [3.8, 4) is 0 Å². The molecule has 0 saturated carbocycles. The number of aryl methyl sites for hydroxylation is 1. The summed E-state index contributed by atoms with van der Waals surface area (Å²) < 4.78 is 29.0. The largest absolute Gasteiger partial charge is 0.319 e. The van der Waals surface area contributed by atoms with Gasteiger partial charge in [-0.05, 0) is 55.5 Å². The number of sulfonamides is 1. The summed E-state index contributed by atoms with van der Waals surface area (Å²) in [5.41, 5.74) is 1.27. The highest BCUT2D eigenvalue weighted by atomic mass is 32.2. The molecule has 10 heteroatoms. The highest BCUT2D eigenvalue weighted by molar-refractivity contribution is 7.89. The lowest BCUT2D eigenvalue weighted by Gasteiger charge is -2.34. The fourth-order valence-corrected chi connectivity index (χ4v) is 5.53. The Balaban J connectivity index is 1.50. The average molecular weight is 429 g/mol. The lowest BCUT2D eigenvalue weighted by Crippen LogP contribution is -2.42. The molecule has 4 rings (SSSR count). The Kier molecular flexibility index (Phi) is 5.29. The van der Waals surface area contributed by atoms with Gasteiger partial charge >= 0.3 is 0 Å².